The Hall–Kier alpha value is -1.68. The fourth-order valence-corrected chi connectivity index (χ4v) is 2.45. The summed E-state index contributed by atoms with van der Waals surface area (Å²) in [5, 5.41) is 0. The zero-order valence-electron chi connectivity index (χ0n) is 11.9. The minimum atomic E-state index is -0.514. The quantitative estimate of drug-likeness (QED) is 0.740. The van der Waals surface area contributed by atoms with E-state index in [4.69, 9.17) is 0 Å². The summed E-state index contributed by atoms with van der Waals surface area (Å²) in [6.07, 6.45) is 1.84. The Morgan fingerprint density at radius 1 is 1.14 bits per heavy atom. The smallest absolute Gasteiger partial charge is 0.261 e. The van der Waals surface area contributed by atoms with Crippen LogP contribution in [0.2, 0.25) is 0 Å². The van der Waals surface area contributed by atoms with Crippen LogP contribution in [0.3, 0.4) is 0 Å². The molecule has 0 saturated carbocycles. The molecule has 2 rings (SSSR count). The minimum absolute atomic E-state index is 0.0873. The summed E-state index contributed by atoms with van der Waals surface area (Å²) in [6.45, 7) is 2.64. The molecule has 0 aliphatic rings. The molecule has 0 aromatic heterocycles. The van der Waals surface area contributed by atoms with E-state index in [1.54, 1.807) is 17.0 Å². The zero-order valence-corrected chi connectivity index (χ0v) is 13.4. The fourth-order valence-electron chi connectivity index (χ4n) is 2.09. The summed E-state index contributed by atoms with van der Waals surface area (Å²) in [6, 6.07) is 14.1. The molecule has 0 atom stereocenters. The number of hydrogen-bond acceptors (Lipinski definition) is 1. The maximum absolute atomic E-state index is 14.2. The molecule has 0 aliphatic carbocycles. The molecular weight excluding hydrogens is 333 g/mol. The molecule has 0 spiro atoms. The van der Waals surface area contributed by atoms with Crippen LogP contribution in [0.1, 0.15) is 30.1 Å². The Morgan fingerprint density at radius 2 is 1.86 bits per heavy atom. The molecule has 110 valence electrons. The molecule has 0 radical (unpaired) electrons. The maximum atomic E-state index is 14.2. The maximum Gasteiger partial charge on any atom is 0.261 e. The topological polar surface area (TPSA) is 20.3 Å². The molecule has 4 heteroatoms. The largest absolute Gasteiger partial charge is 0.308 e. The Labute approximate surface area is 132 Å². The van der Waals surface area contributed by atoms with Crippen LogP contribution in [0.4, 0.5) is 10.1 Å². The highest BCUT2D eigenvalue weighted by molar-refractivity contribution is 9.10. The third-order valence-electron chi connectivity index (χ3n) is 3.23. The number of hydrogen-bond donors (Lipinski definition) is 0. The van der Waals surface area contributed by atoms with Gasteiger partial charge in [-0.3, -0.25) is 4.79 Å². The van der Waals surface area contributed by atoms with Gasteiger partial charge < -0.3 is 4.90 Å². The van der Waals surface area contributed by atoms with Gasteiger partial charge in [-0.25, -0.2) is 4.39 Å². The number of anilines is 1. The van der Waals surface area contributed by atoms with Crippen molar-refractivity contribution in [2.75, 3.05) is 11.4 Å². The molecule has 2 aromatic carbocycles. The van der Waals surface area contributed by atoms with Crippen molar-refractivity contribution >= 4 is 27.5 Å². The van der Waals surface area contributed by atoms with E-state index < -0.39 is 5.82 Å². The lowest BCUT2D eigenvalue weighted by molar-refractivity contribution is 0.0982. The first kappa shape index (κ1) is 15.7. The van der Waals surface area contributed by atoms with E-state index in [1.807, 2.05) is 30.3 Å². The highest BCUT2D eigenvalue weighted by Gasteiger charge is 2.21. The molecule has 0 N–H and O–H groups in total. The van der Waals surface area contributed by atoms with Gasteiger partial charge in [0, 0.05) is 12.2 Å². The molecule has 2 nitrogen and oxygen atoms in total. The third-order valence-corrected chi connectivity index (χ3v) is 3.84. The summed E-state index contributed by atoms with van der Waals surface area (Å²) in [5.74, 6) is -0.826. The molecular formula is C17H17BrFNO. The number of nitrogens with zero attached hydrogens (tertiary/aromatic N) is 1. The SMILES string of the molecule is CCCCN(C(=O)c1cccc(Br)c1F)c1ccccc1. The first-order valence-corrected chi connectivity index (χ1v) is 7.75. The summed E-state index contributed by atoms with van der Waals surface area (Å²) >= 11 is 3.13. The lowest BCUT2D eigenvalue weighted by Crippen LogP contribution is -2.32. The Kier molecular flexibility index (Phi) is 5.51. The lowest BCUT2D eigenvalue weighted by Gasteiger charge is -2.23. The normalized spacial score (nSPS) is 10.4. The van der Waals surface area contributed by atoms with Crippen molar-refractivity contribution in [1.29, 1.82) is 0 Å². The molecule has 2 aromatic rings. The molecule has 0 unspecified atom stereocenters. The number of halogens is 2. The van der Waals surface area contributed by atoms with Crippen molar-refractivity contribution < 1.29 is 9.18 Å². The standard InChI is InChI=1S/C17H17BrFNO/c1-2-3-12-20(13-8-5-4-6-9-13)17(21)14-10-7-11-15(18)16(14)19/h4-11H,2-3,12H2,1H3. The highest BCUT2D eigenvalue weighted by atomic mass is 79.9. The fraction of sp³-hybridized carbons (Fsp3) is 0.235. The Balaban J connectivity index is 2.36. The zero-order chi connectivity index (χ0) is 15.2. The molecule has 0 aliphatic heterocycles. The van der Waals surface area contributed by atoms with Gasteiger partial charge in [-0.05, 0) is 46.6 Å². The van der Waals surface area contributed by atoms with Crippen molar-refractivity contribution in [3.63, 3.8) is 0 Å². The molecule has 1 amide bonds. The number of benzene rings is 2. The van der Waals surface area contributed by atoms with Crippen LogP contribution in [0, 0.1) is 5.82 Å². The van der Waals surface area contributed by atoms with E-state index in [-0.39, 0.29) is 11.5 Å². The predicted octanol–water partition coefficient (Wildman–Crippen LogP) is 5.04. The van der Waals surface area contributed by atoms with Crippen LogP contribution in [0.25, 0.3) is 0 Å². The molecule has 0 fully saturated rings. The van der Waals surface area contributed by atoms with Gasteiger partial charge in [0.25, 0.3) is 5.91 Å². The number of unbranched alkanes of at least 4 members (excludes halogenated alkanes) is 1. The van der Waals surface area contributed by atoms with Crippen molar-refractivity contribution in [1.82, 2.24) is 0 Å². The van der Waals surface area contributed by atoms with Crippen LogP contribution in [-0.4, -0.2) is 12.5 Å². The van der Waals surface area contributed by atoms with Gasteiger partial charge in [0.1, 0.15) is 5.82 Å². The average Bonchev–Trinajstić information content (AvgIpc) is 2.51. The summed E-state index contributed by atoms with van der Waals surface area (Å²) in [5.41, 5.74) is 0.875. The van der Waals surface area contributed by atoms with Crippen LogP contribution < -0.4 is 4.90 Å². The van der Waals surface area contributed by atoms with E-state index in [9.17, 15) is 9.18 Å². The van der Waals surface area contributed by atoms with E-state index in [1.165, 1.54) is 6.07 Å². The van der Waals surface area contributed by atoms with Gasteiger partial charge in [0.05, 0.1) is 10.0 Å². The number of amides is 1. The predicted molar refractivity (Wildman–Crippen MR) is 87.1 cm³/mol. The second-order valence-electron chi connectivity index (χ2n) is 4.75. The Morgan fingerprint density at radius 3 is 2.52 bits per heavy atom. The van der Waals surface area contributed by atoms with Gasteiger partial charge in [0.15, 0.2) is 0 Å². The first-order chi connectivity index (χ1) is 10.1. The van der Waals surface area contributed by atoms with Crippen molar-refractivity contribution in [2.45, 2.75) is 19.8 Å². The van der Waals surface area contributed by atoms with E-state index >= 15 is 0 Å². The summed E-state index contributed by atoms with van der Waals surface area (Å²) < 4.78 is 14.5. The van der Waals surface area contributed by atoms with E-state index in [0.717, 1.165) is 18.5 Å². The number of para-hydroxylation sites is 1. The highest BCUT2D eigenvalue weighted by Crippen LogP contribution is 2.23. The third kappa shape index (κ3) is 3.70. The molecule has 0 bridgehead atoms. The number of rotatable bonds is 5. The first-order valence-electron chi connectivity index (χ1n) is 6.96. The van der Waals surface area contributed by atoms with Gasteiger partial charge in [-0.1, -0.05) is 37.6 Å². The van der Waals surface area contributed by atoms with Crippen LogP contribution in [0.5, 0.6) is 0 Å². The number of carbonyl (C=O) groups excluding carboxylic acids is 1. The van der Waals surface area contributed by atoms with Gasteiger partial charge in [-0.2, -0.15) is 0 Å². The minimum Gasteiger partial charge on any atom is -0.308 e. The molecule has 0 saturated heterocycles. The molecule has 21 heavy (non-hydrogen) atoms. The van der Waals surface area contributed by atoms with Gasteiger partial charge in [-0.15, -0.1) is 0 Å². The second-order valence-corrected chi connectivity index (χ2v) is 5.60. The van der Waals surface area contributed by atoms with E-state index in [2.05, 4.69) is 22.9 Å². The van der Waals surface area contributed by atoms with Crippen LogP contribution in [-0.2, 0) is 0 Å². The Bertz CT molecular complexity index is 615. The van der Waals surface area contributed by atoms with Crippen molar-refractivity contribution in [3.05, 3.63) is 64.4 Å². The van der Waals surface area contributed by atoms with Crippen LogP contribution >= 0.6 is 15.9 Å². The van der Waals surface area contributed by atoms with Gasteiger partial charge in [0.2, 0.25) is 0 Å². The second kappa shape index (κ2) is 7.36. The lowest BCUT2D eigenvalue weighted by atomic mass is 10.1. The monoisotopic (exact) mass is 349 g/mol. The number of carbonyl (C=O) groups is 1. The average molecular weight is 350 g/mol. The van der Waals surface area contributed by atoms with Crippen LogP contribution in [0.15, 0.2) is 53.0 Å². The van der Waals surface area contributed by atoms with Crippen molar-refractivity contribution in [2.24, 2.45) is 0 Å². The van der Waals surface area contributed by atoms with Gasteiger partial charge >= 0.3 is 0 Å². The summed E-state index contributed by atoms with van der Waals surface area (Å²) in [7, 11) is 0. The molecule has 0 heterocycles. The van der Waals surface area contributed by atoms with E-state index in [0.29, 0.717) is 11.0 Å². The summed E-state index contributed by atoms with van der Waals surface area (Å²) in [4.78, 5) is 14.3. The van der Waals surface area contributed by atoms with Crippen molar-refractivity contribution in [3.8, 4) is 0 Å².